The van der Waals surface area contributed by atoms with Gasteiger partial charge in [0.1, 0.15) is 11.5 Å². The normalized spacial score (nSPS) is 14.7. The van der Waals surface area contributed by atoms with E-state index in [2.05, 4.69) is 25.1 Å². The maximum atomic E-state index is 14.9. The summed E-state index contributed by atoms with van der Waals surface area (Å²) in [5.41, 5.74) is 9.08. The van der Waals surface area contributed by atoms with Gasteiger partial charge >= 0.3 is 6.09 Å². The molecular weight excluding hydrogens is 719 g/mol. The molecule has 5 aromatic rings. The van der Waals surface area contributed by atoms with Crippen LogP contribution in [-0.4, -0.2) is 81.9 Å². The largest absolute Gasteiger partial charge is 0.508 e. The minimum Gasteiger partial charge on any atom is -0.508 e. The highest BCUT2D eigenvalue weighted by atomic mass is 16.6. The van der Waals surface area contributed by atoms with Crippen LogP contribution in [0.25, 0.3) is 11.3 Å². The third-order valence-corrected chi connectivity index (χ3v) is 11.4. The van der Waals surface area contributed by atoms with E-state index >= 15 is 0 Å². The fourth-order valence-corrected chi connectivity index (χ4v) is 7.77. The van der Waals surface area contributed by atoms with Crippen molar-refractivity contribution < 1.29 is 29.0 Å². The van der Waals surface area contributed by atoms with Crippen molar-refractivity contribution in [2.24, 2.45) is 7.05 Å². The van der Waals surface area contributed by atoms with E-state index in [1.807, 2.05) is 59.8 Å². The molecule has 294 valence electrons. The highest BCUT2D eigenvalue weighted by Crippen LogP contribution is 2.36. The molecule has 11 nitrogen and oxygen atoms in total. The lowest BCUT2D eigenvalue weighted by atomic mass is 9.90. The van der Waals surface area contributed by atoms with Crippen LogP contribution in [0.2, 0.25) is 0 Å². The molecule has 0 saturated heterocycles. The van der Waals surface area contributed by atoms with Gasteiger partial charge in [0.25, 0.3) is 11.8 Å². The first-order valence-corrected chi connectivity index (χ1v) is 19.3. The van der Waals surface area contributed by atoms with Gasteiger partial charge in [-0.05, 0) is 116 Å². The number of fused-ring (bicyclic) bond motifs is 2. The molecular formula is C46H49N5O6. The molecule has 1 N–H and O–H groups in total. The smallest absolute Gasteiger partial charge is 0.415 e. The number of aromatic nitrogens is 1. The molecule has 0 spiro atoms. The molecule has 3 heterocycles. The van der Waals surface area contributed by atoms with Crippen LogP contribution in [0.4, 0.5) is 10.5 Å². The number of anilines is 1. The number of nitrogens with zero attached hydrogens (tertiary/aromatic N) is 5. The van der Waals surface area contributed by atoms with Crippen LogP contribution in [0.15, 0.2) is 91.0 Å². The van der Waals surface area contributed by atoms with Gasteiger partial charge in [0.05, 0.1) is 5.56 Å². The van der Waals surface area contributed by atoms with Crippen LogP contribution in [-0.2, 0) is 44.2 Å². The first-order valence-electron chi connectivity index (χ1n) is 19.3. The van der Waals surface area contributed by atoms with E-state index in [1.165, 1.54) is 5.56 Å². The maximum absolute atomic E-state index is 14.9. The van der Waals surface area contributed by atoms with Crippen molar-refractivity contribution in [3.8, 4) is 22.8 Å². The number of carbonyl (C=O) groups is 4. The Morgan fingerprint density at radius 2 is 1.53 bits per heavy atom. The van der Waals surface area contributed by atoms with E-state index in [-0.39, 0.29) is 36.1 Å². The number of hydrogen-bond donors (Lipinski definition) is 1. The van der Waals surface area contributed by atoms with Crippen molar-refractivity contribution in [1.29, 1.82) is 0 Å². The number of phenols is 1. The summed E-state index contributed by atoms with van der Waals surface area (Å²) >= 11 is 0. The van der Waals surface area contributed by atoms with Crippen LogP contribution in [0, 0.1) is 6.92 Å². The summed E-state index contributed by atoms with van der Waals surface area (Å²) < 4.78 is 7.76. The summed E-state index contributed by atoms with van der Waals surface area (Å²) in [6, 6.07) is 27.7. The van der Waals surface area contributed by atoms with Crippen LogP contribution in [0.3, 0.4) is 0 Å². The number of hydrogen-bond acceptors (Lipinski definition) is 6. The van der Waals surface area contributed by atoms with Gasteiger partial charge in [0.15, 0.2) is 0 Å². The molecule has 11 heteroatoms. The Kier molecular flexibility index (Phi) is 10.9. The number of rotatable bonds is 8. The molecule has 4 aromatic carbocycles. The highest BCUT2D eigenvalue weighted by molar-refractivity contribution is 6.08. The van der Waals surface area contributed by atoms with E-state index in [1.54, 1.807) is 72.2 Å². The number of aromatic hydroxyl groups is 1. The third-order valence-electron chi connectivity index (χ3n) is 11.4. The fourth-order valence-electron chi connectivity index (χ4n) is 7.77. The fraction of sp³-hybridized carbons (Fsp3) is 0.304. The number of phenolic OH excluding ortho intramolecular Hbond substituents is 1. The molecule has 0 saturated carbocycles. The van der Waals surface area contributed by atoms with Gasteiger partial charge < -0.3 is 34.0 Å². The van der Waals surface area contributed by atoms with Crippen molar-refractivity contribution in [3.63, 3.8) is 0 Å². The molecule has 57 heavy (non-hydrogen) atoms. The van der Waals surface area contributed by atoms with Gasteiger partial charge in [-0.2, -0.15) is 0 Å². The Labute approximate surface area is 333 Å². The number of amides is 4. The quantitative estimate of drug-likeness (QED) is 0.180. The number of carbonyl (C=O) groups excluding carboxylic acids is 4. The van der Waals surface area contributed by atoms with Gasteiger partial charge in [0.2, 0.25) is 5.91 Å². The van der Waals surface area contributed by atoms with E-state index in [4.69, 9.17) is 4.74 Å². The van der Waals surface area contributed by atoms with Crippen molar-refractivity contribution in [2.75, 3.05) is 32.6 Å². The van der Waals surface area contributed by atoms with Crippen LogP contribution < -0.4 is 9.64 Å². The molecule has 0 fully saturated rings. The highest BCUT2D eigenvalue weighted by Gasteiger charge is 2.32. The van der Waals surface area contributed by atoms with Crippen molar-refractivity contribution >= 4 is 29.5 Å². The summed E-state index contributed by atoms with van der Waals surface area (Å²) in [7, 11) is 7.08. The SMILES string of the molecule is Cc1c(C(=O)N(C)c2ccc(O)cc2)cc(-c2cc3c(cc2C(=O)N2Cc4ccccc4C[C@H]2C)CN(C(=O)Oc2ccc(CCC(=O)N(C)C)cc2)CC3)n1C. The van der Waals surface area contributed by atoms with Crippen molar-refractivity contribution in [2.45, 2.75) is 58.7 Å². The standard InChI is InChI=1S/C46H49N5O6/c1-29-23-32-9-7-8-10-34(32)28-51(29)45(55)41-25-35-27-50(46(56)57-38-18-11-31(12-19-38)13-20-43(53)47(3)4)22-21-33(35)24-40(41)42-26-39(30(2)48(42)5)44(54)49(6)36-14-16-37(52)17-15-36/h7-12,14-19,24-26,29,52H,13,20-23,27-28H2,1-6H3/t29-/m1/s1. The Bertz CT molecular complexity index is 2350. The van der Waals surface area contributed by atoms with Crippen LogP contribution in [0.5, 0.6) is 11.5 Å². The van der Waals surface area contributed by atoms with Gasteiger partial charge in [-0.1, -0.05) is 36.4 Å². The molecule has 0 radical (unpaired) electrons. The Morgan fingerprint density at radius 3 is 2.23 bits per heavy atom. The summed E-state index contributed by atoms with van der Waals surface area (Å²) in [4.78, 5) is 61.0. The van der Waals surface area contributed by atoms with Crippen LogP contribution >= 0.6 is 0 Å². The third kappa shape index (κ3) is 8.00. The second kappa shape index (κ2) is 16.0. The van der Waals surface area contributed by atoms with E-state index in [0.717, 1.165) is 45.6 Å². The zero-order valence-electron chi connectivity index (χ0n) is 33.4. The number of benzene rings is 4. The van der Waals surface area contributed by atoms with Crippen LogP contribution in [0.1, 0.15) is 67.6 Å². The molecule has 0 aliphatic carbocycles. The monoisotopic (exact) mass is 767 g/mol. The molecule has 7 rings (SSSR count). The zero-order valence-corrected chi connectivity index (χ0v) is 33.4. The zero-order chi connectivity index (χ0) is 40.5. The first-order chi connectivity index (χ1) is 27.3. The Hall–Kier alpha value is -6.36. The molecule has 0 bridgehead atoms. The molecule has 1 atom stereocenters. The average molecular weight is 768 g/mol. The molecule has 2 aliphatic heterocycles. The second-order valence-electron chi connectivity index (χ2n) is 15.4. The van der Waals surface area contributed by atoms with E-state index < -0.39 is 6.09 Å². The number of aryl methyl sites for hydroxylation is 1. The predicted molar refractivity (Wildman–Crippen MR) is 220 cm³/mol. The lowest BCUT2D eigenvalue weighted by Crippen LogP contribution is -2.43. The molecule has 0 unspecified atom stereocenters. The Morgan fingerprint density at radius 1 is 0.825 bits per heavy atom. The first kappa shape index (κ1) is 38.9. The van der Waals surface area contributed by atoms with Gasteiger partial charge in [0, 0.05) is 88.5 Å². The van der Waals surface area contributed by atoms with Gasteiger partial charge in [-0.3, -0.25) is 14.4 Å². The van der Waals surface area contributed by atoms with E-state index in [9.17, 15) is 24.3 Å². The summed E-state index contributed by atoms with van der Waals surface area (Å²) in [6.07, 6.45) is 1.81. The minimum absolute atomic E-state index is 0.0473. The number of ether oxygens (including phenoxy) is 1. The van der Waals surface area contributed by atoms with Crippen molar-refractivity contribution in [3.05, 3.63) is 136 Å². The topological polar surface area (TPSA) is 116 Å². The lowest BCUT2D eigenvalue weighted by molar-refractivity contribution is -0.128. The summed E-state index contributed by atoms with van der Waals surface area (Å²) in [5, 5.41) is 9.80. The molecule has 2 aliphatic rings. The van der Waals surface area contributed by atoms with Crippen molar-refractivity contribution in [1.82, 2.24) is 19.3 Å². The Balaban J connectivity index is 1.19. The van der Waals surface area contributed by atoms with Gasteiger partial charge in [-0.15, -0.1) is 0 Å². The lowest BCUT2D eigenvalue weighted by Gasteiger charge is -2.36. The average Bonchev–Trinajstić information content (AvgIpc) is 3.51. The summed E-state index contributed by atoms with van der Waals surface area (Å²) in [6.45, 7) is 5.14. The predicted octanol–water partition coefficient (Wildman–Crippen LogP) is 7.15. The molecule has 4 amide bonds. The van der Waals surface area contributed by atoms with Gasteiger partial charge in [-0.25, -0.2) is 4.79 Å². The summed E-state index contributed by atoms with van der Waals surface area (Å²) in [5.74, 6) is 0.257. The molecule has 1 aromatic heterocycles. The minimum atomic E-state index is -0.478. The second-order valence-corrected chi connectivity index (χ2v) is 15.4. The van der Waals surface area contributed by atoms with E-state index in [0.29, 0.717) is 54.9 Å². The maximum Gasteiger partial charge on any atom is 0.415 e.